The number of thioether (sulfide) groups is 1. The summed E-state index contributed by atoms with van der Waals surface area (Å²) in [6.07, 6.45) is 4.09. The molecule has 0 radical (unpaired) electrons. The monoisotopic (exact) mass is 451 g/mol. The summed E-state index contributed by atoms with van der Waals surface area (Å²) in [6.45, 7) is 5.14. The lowest BCUT2D eigenvalue weighted by atomic mass is 10.0. The van der Waals surface area contributed by atoms with Crippen molar-refractivity contribution < 1.29 is 9.59 Å². The van der Waals surface area contributed by atoms with Crippen molar-refractivity contribution in [1.29, 1.82) is 0 Å². The molecule has 1 unspecified atom stereocenters. The number of carbonyl (C=O) groups is 2. The summed E-state index contributed by atoms with van der Waals surface area (Å²) in [5.74, 6) is 0.300. The van der Waals surface area contributed by atoms with Gasteiger partial charge in [-0.05, 0) is 43.4 Å². The normalized spacial score (nSPS) is 19.8. The smallest absolute Gasteiger partial charge is 0.241 e. The van der Waals surface area contributed by atoms with Gasteiger partial charge in [-0.15, -0.1) is 11.8 Å². The minimum Gasteiger partial charge on any atom is -0.353 e. The van der Waals surface area contributed by atoms with Crippen molar-refractivity contribution in [3.8, 4) is 0 Å². The van der Waals surface area contributed by atoms with Crippen LogP contribution in [0.25, 0.3) is 0 Å². The number of anilines is 1. The Balaban J connectivity index is 1.23. The molecule has 170 valence electrons. The molecule has 32 heavy (non-hydrogen) atoms. The maximum atomic E-state index is 13.2. The van der Waals surface area contributed by atoms with Crippen LogP contribution in [0.3, 0.4) is 0 Å². The lowest BCUT2D eigenvalue weighted by Gasteiger charge is -2.33. The summed E-state index contributed by atoms with van der Waals surface area (Å²) >= 11 is 1.86. The number of hydrogen-bond donors (Lipinski definition) is 1. The highest BCUT2D eigenvalue weighted by molar-refractivity contribution is 8.00. The lowest BCUT2D eigenvalue weighted by molar-refractivity contribution is -0.123. The zero-order valence-electron chi connectivity index (χ0n) is 18.8. The number of piperidine rings is 1. The van der Waals surface area contributed by atoms with Crippen molar-refractivity contribution >= 4 is 29.3 Å². The molecule has 0 bridgehead atoms. The number of fused-ring (bicyclic) bond motifs is 1. The van der Waals surface area contributed by atoms with Crippen molar-refractivity contribution in [2.45, 2.75) is 55.2 Å². The molecule has 2 heterocycles. The van der Waals surface area contributed by atoms with Crippen molar-refractivity contribution in [2.24, 2.45) is 0 Å². The highest BCUT2D eigenvalue weighted by Gasteiger charge is 2.27. The molecule has 0 spiro atoms. The zero-order chi connectivity index (χ0) is 22.3. The average Bonchev–Trinajstić information content (AvgIpc) is 2.98. The molecule has 0 aromatic heterocycles. The molecule has 0 aliphatic carbocycles. The van der Waals surface area contributed by atoms with Crippen LogP contribution in [0.4, 0.5) is 5.69 Å². The van der Waals surface area contributed by atoms with Crippen LogP contribution in [0.15, 0.2) is 59.5 Å². The van der Waals surface area contributed by atoms with E-state index in [2.05, 4.69) is 41.4 Å². The third-order valence-corrected chi connectivity index (χ3v) is 7.58. The number of rotatable bonds is 6. The molecule has 2 aromatic carbocycles. The largest absolute Gasteiger partial charge is 0.353 e. The van der Waals surface area contributed by atoms with Gasteiger partial charge in [-0.1, -0.05) is 49.4 Å². The van der Waals surface area contributed by atoms with Gasteiger partial charge >= 0.3 is 0 Å². The molecule has 1 saturated heterocycles. The summed E-state index contributed by atoms with van der Waals surface area (Å²) in [5, 5.41) is 3.70. The first-order valence-corrected chi connectivity index (χ1v) is 12.6. The van der Waals surface area contributed by atoms with E-state index in [0.717, 1.165) is 51.0 Å². The minimum atomic E-state index is 0.121. The van der Waals surface area contributed by atoms with Gasteiger partial charge in [-0.25, -0.2) is 0 Å². The Kier molecular flexibility index (Phi) is 7.87. The Labute approximate surface area is 195 Å². The molecule has 2 amide bonds. The Hall–Kier alpha value is -2.31. The van der Waals surface area contributed by atoms with Gasteiger partial charge in [0.1, 0.15) is 0 Å². The van der Waals surface area contributed by atoms with Crippen LogP contribution in [0.2, 0.25) is 0 Å². The molecule has 5 nitrogen and oxygen atoms in total. The number of carbonyl (C=O) groups excluding carboxylic acids is 2. The Bertz CT molecular complexity index is 912. The predicted octanol–water partition coefficient (Wildman–Crippen LogP) is 4.12. The number of para-hydroxylation sites is 1. The Morgan fingerprint density at radius 3 is 2.47 bits per heavy atom. The van der Waals surface area contributed by atoms with Crippen molar-refractivity contribution in [3.05, 3.63) is 60.2 Å². The second-order valence-electron chi connectivity index (χ2n) is 8.83. The van der Waals surface area contributed by atoms with Gasteiger partial charge in [-0.3, -0.25) is 14.5 Å². The number of hydrogen-bond acceptors (Lipinski definition) is 4. The van der Waals surface area contributed by atoms with Gasteiger partial charge in [-0.2, -0.15) is 0 Å². The van der Waals surface area contributed by atoms with E-state index in [1.807, 2.05) is 47.0 Å². The first-order valence-electron chi connectivity index (χ1n) is 11.7. The van der Waals surface area contributed by atoms with Gasteiger partial charge in [0.25, 0.3) is 0 Å². The van der Waals surface area contributed by atoms with Gasteiger partial charge in [0.15, 0.2) is 0 Å². The van der Waals surface area contributed by atoms with E-state index in [0.29, 0.717) is 18.2 Å². The molecule has 2 aromatic rings. The van der Waals surface area contributed by atoms with E-state index in [1.54, 1.807) is 0 Å². The maximum Gasteiger partial charge on any atom is 0.241 e. The van der Waals surface area contributed by atoms with Crippen molar-refractivity contribution in [1.82, 2.24) is 10.2 Å². The fraction of sp³-hybridized carbons (Fsp3) is 0.462. The van der Waals surface area contributed by atoms with E-state index < -0.39 is 0 Å². The van der Waals surface area contributed by atoms with E-state index in [1.165, 1.54) is 10.5 Å². The van der Waals surface area contributed by atoms with Gasteiger partial charge in [0, 0.05) is 42.2 Å². The number of nitrogens with zero attached hydrogens (tertiary/aromatic N) is 2. The fourth-order valence-electron chi connectivity index (χ4n) is 4.46. The summed E-state index contributed by atoms with van der Waals surface area (Å²) in [5.41, 5.74) is 2.24. The van der Waals surface area contributed by atoms with Crippen LogP contribution in [0.5, 0.6) is 0 Å². The standard InChI is InChI=1S/C26H33N3O2S/c1-20-13-18-29(23-9-5-6-10-24(23)32-20)26(31)19-28-16-14-22(15-17-28)27-25(30)12-11-21-7-3-2-4-8-21/h2-10,20,22H,11-19H2,1H3,(H,27,30). The van der Waals surface area contributed by atoms with Crippen LogP contribution < -0.4 is 10.2 Å². The van der Waals surface area contributed by atoms with Gasteiger partial charge in [0.05, 0.1) is 12.2 Å². The number of aryl methyl sites for hydroxylation is 1. The topological polar surface area (TPSA) is 52.7 Å². The molecule has 6 heteroatoms. The minimum absolute atomic E-state index is 0.121. The van der Waals surface area contributed by atoms with Crippen LogP contribution in [-0.4, -0.2) is 54.2 Å². The molecule has 0 saturated carbocycles. The average molecular weight is 452 g/mol. The number of likely N-dealkylation sites (tertiary alicyclic amines) is 1. The maximum absolute atomic E-state index is 13.2. The van der Waals surface area contributed by atoms with Crippen molar-refractivity contribution in [2.75, 3.05) is 31.1 Å². The SMILES string of the molecule is CC1CCN(C(=O)CN2CCC(NC(=O)CCc3ccccc3)CC2)c2ccccc2S1. The van der Waals surface area contributed by atoms with Crippen LogP contribution in [0, 0.1) is 0 Å². The second-order valence-corrected chi connectivity index (χ2v) is 10.3. The first-order chi connectivity index (χ1) is 15.6. The molecule has 2 aliphatic heterocycles. The van der Waals surface area contributed by atoms with E-state index in [9.17, 15) is 9.59 Å². The predicted molar refractivity (Wildman–Crippen MR) is 131 cm³/mol. The van der Waals surface area contributed by atoms with E-state index in [-0.39, 0.29) is 17.9 Å². The molecule has 4 rings (SSSR count). The Morgan fingerprint density at radius 1 is 0.969 bits per heavy atom. The third-order valence-electron chi connectivity index (χ3n) is 6.34. The van der Waals surface area contributed by atoms with Gasteiger partial charge < -0.3 is 10.2 Å². The summed E-state index contributed by atoms with van der Waals surface area (Å²) in [6, 6.07) is 18.6. The van der Waals surface area contributed by atoms with Crippen LogP contribution in [-0.2, 0) is 16.0 Å². The summed E-state index contributed by atoms with van der Waals surface area (Å²) in [7, 11) is 0. The third kappa shape index (κ3) is 6.14. The molecule has 1 atom stereocenters. The molecule has 1 fully saturated rings. The molecular weight excluding hydrogens is 418 g/mol. The highest BCUT2D eigenvalue weighted by Crippen LogP contribution is 2.37. The zero-order valence-corrected chi connectivity index (χ0v) is 19.7. The van der Waals surface area contributed by atoms with Gasteiger partial charge in [0.2, 0.25) is 11.8 Å². The molecule has 2 aliphatic rings. The van der Waals surface area contributed by atoms with E-state index >= 15 is 0 Å². The molecule has 1 N–H and O–H groups in total. The second kappa shape index (κ2) is 11.0. The van der Waals surface area contributed by atoms with Crippen LogP contribution >= 0.6 is 11.8 Å². The first kappa shape index (κ1) is 22.9. The number of nitrogens with one attached hydrogen (secondary N) is 1. The summed E-state index contributed by atoms with van der Waals surface area (Å²) < 4.78 is 0. The Morgan fingerprint density at radius 2 is 1.69 bits per heavy atom. The number of benzene rings is 2. The quantitative estimate of drug-likeness (QED) is 0.718. The summed E-state index contributed by atoms with van der Waals surface area (Å²) in [4.78, 5) is 30.9. The highest BCUT2D eigenvalue weighted by atomic mass is 32.2. The number of amides is 2. The van der Waals surface area contributed by atoms with Crippen LogP contribution in [0.1, 0.15) is 38.2 Å². The van der Waals surface area contributed by atoms with E-state index in [4.69, 9.17) is 0 Å². The van der Waals surface area contributed by atoms with Crippen molar-refractivity contribution in [3.63, 3.8) is 0 Å². The fourth-order valence-corrected chi connectivity index (χ4v) is 5.57. The lowest BCUT2D eigenvalue weighted by Crippen LogP contribution is -2.48. The molecular formula is C26H33N3O2S.